The van der Waals surface area contributed by atoms with Crippen LogP contribution in [0.15, 0.2) is 18.2 Å². The minimum atomic E-state index is 0.0179. The van der Waals surface area contributed by atoms with E-state index in [1.54, 1.807) is 25.1 Å². The second-order valence-electron chi connectivity index (χ2n) is 3.97. The highest BCUT2D eigenvalue weighted by Gasteiger charge is 2.61. The standard InChI is InChI=1S/C11H10O3/c1-5(12)9-10-7-4-6(13)2-3-8(7)14-11(9)10/h2-4,9-11,13H,1H3/t9-,10-,11+/m0/s1. The van der Waals surface area contributed by atoms with Crippen LogP contribution < -0.4 is 4.74 Å². The zero-order valence-electron chi connectivity index (χ0n) is 7.73. The molecule has 2 aliphatic rings. The molecule has 1 saturated carbocycles. The number of fused-ring (bicyclic) bond motifs is 3. The van der Waals surface area contributed by atoms with Gasteiger partial charge in [-0.15, -0.1) is 0 Å². The van der Waals surface area contributed by atoms with Gasteiger partial charge in [0.2, 0.25) is 0 Å². The van der Waals surface area contributed by atoms with Gasteiger partial charge in [0, 0.05) is 11.5 Å². The number of aromatic hydroxyl groups is 1. The van der Waals surface area contributed by atoms with Crippen molar-refractivity contribution in [2.24, 2.45) is 5.92 Å². The lowest BCUT2D eigenvalue weighted by molar-refractivity contribution is -0.118. The molecule has 1 aromatic carbocycles. The normalized spacial score (nSPS) is 31.6. The first-order valence-corrected chi connectivity index (χ1v) is 4.68. The molecule has 0 aromatic heterocycles. The van der Waals surface area contributed by atoms with Gasteiger partial charge >= 0.3 is 0 Å². The summed E-state index contributed by atoms with van der Waals surface area (Å²) in [6.07, 6.45) is 0.0318. The molecule has 0 unspecified atom stereocenters. The number of ketones is 1. The van der Waals surface area contributed by atoms with Crippen LogP contribution in [0.1, 0.15) is 18.4 Å². The molecule has 1 fully saturated rings. The number of Topliss-reactive ketones (excluding diaryl/α,β-unsaturated/α-hetero) is 1. The maximum atomic E-state index is 11.2. The molecule has 3 nitrogen and oxygen atoms in total. The number of carbonyl (C=O) groups excluding carboxylic acids is 1. The Balaban J connectivity index is 2.01. The first kappa shape index (κ1) is 7.85. The molecule has 0 radical (unpaired) electrons. The van der Waals surface area contributed by atoms with Gasteiger partial charge in [-0.3, -0.25) is 4.79 Å². The van der Waals surface area contributed by atoms with E-state index in [1.165, 1.54) is 0 Å². The molecule has 1 N–H and O–H groups in total. The molecule has 14 heavy (non-hydrogen) atoms. The van der Waals surface area contributed by atoms with E-state index in [-0.39, 0.29) is 29.5 Å². The zero-order valence-corrected chi connectivity index (χ0v) is 7.73. The molecule has 3 heteroatoms. The lowest BCUT2D eigenvalue weighted by Crippen LogP contribution is -2.05. The van der Waals surface area contributed by atoms with E-state index >= 15 is 0 Å². The summed E-state index contributed by atoms with van der Waals surface area (Å²) in [5, 5.41) is 9.32. The van der Waals surface area contributed by atoms with Gasteiger partial charge in [-0.25, -0.2) is 0 Å². The van der Waals surface area contributed by atoms with Crippen LogP contribution in [-0.2, 0) is 4.79 Å². The summed E-state index contributed by atoms with van der Waals surface area (Å²) in [6.45, 7) is 1.59. The third-order valence-electron chi connectivity index (χ3n) is 3.04. The summed E-state index contributed by atoms with van der Waals surface area (Å²) >= 11 is 0. The van der Waals surface area contributed by atoms with Crippen molar-refractivity contribution in [1.29, 1.82) is 0 Å². The summed E-state index contributed by atoms with van der Waals surface area (Å²) < 4.78 is 5.58. The van der Waals surface area contributed by atoms with Crippen molar-refractivity contribution >= 4 is 5.78 Å². The topological polar surface area (TPSA) is 46.5 Å². The smallest absolute Gasteiger partial charge is 0.137 e. The van der Waals surface area contributed by atoms with E-state index in [0.29, 0.717) is 0 Å². The average Bonchev–Trinajstić information content (AvgIpc) is 2.73. The summed E-state index contributed by atoms with van der Waals surface area (Å²) in [7, 11) is 0. The highest BCUT2D eigenvalue weighted by Crippen LogP contribution is 2.58. The number of hydrogen-bond acceptors (Lipinski definition) is 3. The van der Waals surface area contributed by atoms with Crippen LogP contribution in [0, 0.1) is 5.92 Å². The SMILES string of the molecule is CC(=O)[C@@H]1[C@H]2Oc3ccc(O)cc3[C@H]21. The predicted molar refractivity (Wildman–Crippen MR) is 49.4 cm³/mol. The molecule has 1 aliphatic heterocycles. The second kappa shape index (κ2) is 2.29. The molecule has 1 aliphatic carbocycles. The predicted octanol–water partition coefficient (Wildman–Crippen LogP) is 1.46. The van der Waals surface area contributed by atoms with Crippen molar-refractivity contribution in [2.75, 3.05) is 0 Å². The van der Waals surface area contributed by atoms with Gasteiger partial charge < -0.3 is 9.84 Å². The molecule has 0 spiro atoms. The molecule has 72 valence electrons. The minimum absolute atomic E-state index is 0.0179. The summed E-state index contributed by atoms with van der Waals surface area (Å²) in [6, 6.07) is 5.06. The minimum Gasteiger partial charge on any atom is -0.508 e. The van der Waals surface area contributed by atoms with Crippen molar-refractivity contribution in [2.45, 2.75) is 18.9 Å². The zero-order chi connectivity index (χ0) is 9.87. The Morgan fingerprint density at radius 1 is 1.50 bits per heavy atom. The Bertz CT molecular complexity index is 425. The van der Waals surface area contributed by atoms with Crippen molar-refractivity contribution in [3.8, 4) is 11.5 Å². The average molecular weight is 190 g/mol. The highest BCUT2D eigenvalue weighted by molar-refractivity contribution is 5.85. The van der Waals surface area contributed by atoms with Gasteiger partial charge in [0.05, 0.1) is 5.92 Å². The number of benzene rings is 1. The summed E-state index contributed by atoms with van der Waals surface area (Å²) in [5.41, 5.74) is 0.982. The highest BCUT2D eigenvalue weighted by atomic mass is 16.5. The molecular weight excluding hydrogens is 180 g/mol. The number of rotatable bonds is 1. The van der Waals surface area contributed by atoms with Crippen LogP contribution >= 0.6 is 0 Å². The molecule has 0 saturated heterocycles. The second-order valence-corrected chi connectivity index (χ2v) is 3.97. The van der Waals surface area contributed by atoms with Crippen LogP contribution in [0.5, 0.6) is 11.5 Å². The third kappa shape index (κ3) is 0.842. The quantitative estimate of drug-likeness (QED) is 0.729. The number of carbonyl (C=O) groups is 1. The Hall–Kier alpha value is -1.51. The summed E-state index contributed by atoms with van der Waals surface area (Å²) in [4.78, 5) is 11.2. The van der Waals surface area contributed by atoms with E-state index in [2.05, 4.69) is 0 Å². The largest absolute Gasteiger partial charge is 0.508 e. The van der Waals surface area contributed by atoms with E-state index in [1.807, 2.05) is 0 Å². The molecule has 0 bridgehead atoms. The number of phenolic OH excluding ortho intramolecular Hbond substituents is 1. The van der Waals surface area contributed by atoms with Crippen LogP contribution in [-0.4, -0.2) is 17.0 Å². The monoisotopic (exact) mass is 190 g/mol. The summed E-state index contributed by atoms with van der Waals surface area (Å²) in [5.74, 6) is 1.44. The van der Waals surface area contributed by atoms with Crippen molar-refractivity contribution in [3.63, 3.8) is 0 Å². The Labute approximate surface area is 81.3 Å². The molecule has 1 heterocycles. The van der Waals surface area contributed by atoms with E-state index in [4.69, 9.17) is 4.74 Å². The Morgan fingerprint density at radius 3 is 3.00 bits per heavy atom. The van der Waals surface area contributed by atoms with Crippen LogP contribution in [0.4, 0.5) is 0 Å². The van der Waals surface area contributed by atoms with Gasteiger partial charge in [-0.2, -0.15) is 0 Å². The molecule has 3 atom stereocenters. The van der Waals surface area contributed by atoms with E-state index in [0.717, 1.165) is 11.3 Å². The van der Waals surface area contributed by atoms with Crippen molar-refractivity contribution in [1.82, 2.24) is 0 Å². The van der Waals surface area contributed by atoms with E-state index < -0.39 is 0 Å². The van der Waals surface area contributed by atoms with Gasteiger partial charge in [-0.1, -0.05) is 0 Å². The lowest BCUT2D eigenvalue weighted by Gasteiger charge is -2.06. The van der Waals surface area contributed by atoms with Crippen LogP contribution in [0.25, 0.3) is 0 Å². The van der Waals surface area contributed by atoms with Gasteiger partial charge in [-0.05, 0) is 25.1 Å². The fourth-order valence-electron chi connectivity index (χ4n) is 2.33. The molecular formula is C11H10O3. The third-order valence-corrected chi connectivity index (χ3v) is 3.04. The number of hydrogen-bond donors (Lipinski definition) is 1. The fourth-order valence-corrected chi connectivity index (χ4v) is 2.33. The Kier molecular flexibility index (Phi) is 1.29. The maximum Gasteiger partial charge on any atom is 0.137 e. The molecule has 0 amide bonds. The van der Waals surface area contributed by atoms with Gasteiger partial charge in [0.25, 0.3) is 0 Å². The Morgan fingerprint density at radius 2 is 2.29 bits per heavy atom. The van der Waals surface area contributed by atoms with Crippen molar-refractivity contribution < 1.29 is 14.6 Å². The first-order valence-electron chi connectivity index (χ1n) is 4.68. The van der Waals surface area contributed by atoms with Gasteiger partial charge in [0.15, 0.2) is 0 Å². The van der Waals surface area contributed by atoms with Crippen molar-refractivity contribution in [3.05, 3.63) is 23.8 Å². The lowest BCUT2D eigenvalue weighted by atomic mass is 10.1. The number of phenols is 1. The molecule has 3 rings (SSSR count). The van der Waals surface area contributed by atoms with E-state index in [9.17, 15) is 9.90 Å². The fraction of sp³-hybridized carbons (Fsp3) is 0.364. The van der Waals surface area contributed by atoms with Crippen LogP contribution in [0.3, 0.4) is 0 Å². The van der Waals surface area contributed by atoms with Crippen LogP contribution in [0.2, 0.25) is 0 Å². The molecule has 1 aromatic rings. The van der Waals surface area contributed by atoms with Gasteiger partial charge in [0.1, 0.15) is 23.4 Å². The maximum absolute atomic E-state index is 11.2. The number of ether oxygens (including phenoxy) is 1. The first-order chi connectivity index (χ1) is 6.68.